The van der Waals surface area contributed by atoms with Crippen LogP contribution in [0.25, 0.3) is 0 Å². The summed E-state index contributed by atoms with van der Waals surface area (Å²) in [4.78, 5) is 24.6. The average molecular weight is 438 g/mol. The number of benzene rings is 2. The van der Waals surface area contributed by atoms with Gasteiger partial charge in [0, 0.05) is 6.61 Å². The molecule has 2 aromatic rings. The third kappa shape index (κ3) is 5.85. The van der Waals surface area contributed by atoms with Crippen molar-refractivity contribution in [1.29, 1.82) is 0 Å². The minimum absolute atomic E-state index is 0.118. The highest BCUT2D eigenvalue weighted by molar-refractivity contribution is 6.44. The van der Waals surface area contributed by atoms with Gasteiger partial charge in [-0.1, -0.05) is 29.3 Å². The van der Waals surface area contributed by atoms with E-state index >= 15 is 0 Å². The number of amides is 1. The van der Waals surface area contributed by atoms with E-state index in [4.69, 9.17) is 37.4 Å². The molecule has 2 unspecified atom stereocenters. The smallest absolute Gasteiger partial charge is 0.338 e. The monoisotopic (exact) mass is 437 g/mol. The van der Waals surface area contributed by atoms with Crippen LogP contribution < -0.4 is 10.1 Å². The molecule has 1 N–H and O–H groups in total. The quantitative estimate of drug-likeness (QED) is 0.633. The van der Waals surface area contributed by atoms with Gasteiger partial charge in [-0.3, -0.25) is 4.79 Å². The molecule has 6 nitrogen and oxygen atoms in total. The van der Waals surface area contributed by atoms with Crippen molar-refractivity contribution in [1.82, 2.24) is 0 Å². The van der Waals surface area contributed by atoms with E-state index in [1.165, 1.54) is 6.92 Å². The van der Waals surface area contributed by atoms with E-state index in [9.17, 15) is 9.59 Å². The van der Waals surface area contributed by atoms with Gasteiger partial charge in [0.1, 0.15) is 12.4 Å². The van der Waals surface area contributed by atoms with Crippen LogP contribution in [0.1, 0.15) is 30.1 Å². The molecule has 154 valence electrons. The predicted molar refractivity (Wildman–Crippen MR) is 111 cm³/mol. The number of hydrogen-bond donors (Lipinski definition) is 1. The number of esters is 1. The SMILES string of the molecule is CC(OC(=O)c1ccc(OCC2CCCO2)cc1)C(=O)Nc1cccc(Cl)c1Cl. The van der Waals surface area contributed by atoms with Crippen LogP contribution in [0.4, 0.5) is 5.69 Å². The fourth-order valence-electron chi connectivity index (χ4n) is 2.77. The summed E-state index contributed by atoms with van der Waals surface area (Å²) in [5.41, 5.74) is 0.662. The van der Waals surface area contributed by atoms with Crippen LogP contribution in [0, 0.1) is 0 Å². The van der Waals surface area contributed by atoms with Crippen LogP contribution >= 0.6 is 23.2 Å². The summed E-state index contributed by atoms with van der Waals surface area (Å²) in [7, 11) is 0. The van der Waals surface area contributed by atoms with Crippen molar-refractivity contribution in [2.24, 2.45) is 0 Å². The average Bonchev–Trinajstić information content (AvgIpc) is 3.24. The first-order valence-electron chi connectivity index (χ1n) is 9.24. The second-order valence-electron chi connectivity index (χ2n) is 6.61. The van der Waals surface area contributed by atoms with Crippen molar-refractivity contribution >= 4 is 40.8 Å². The Morgan fingerprint density at radius 2 is 1.97 bits per heavy atom. The van der Waals surface area contributed by atoms with Gasteiger partial charge in [-0.15, -0.1) is 0 Å². The van der Waals surface area contributed by atoms with Crippen LogP contribution in [0.3, 0.4) is 0 Å². The number of rotatable bonds is 7. The van der Waals surface area contributed by atoms with Gasteiger partial charge in [0.25, 0.3) is 5.91 Å². The molecule has 1 heterocycles. The minimum Gasteiger partial charge on any atom is -0.491 e. The van der Waals surface area contributed by atoms with Gasteiger partial charge in [0.2, 0.25) is 0 Å². The van der Waals surface area contributed by atoms with Gasteiger partial charge in [-0.05, 0) is 56.2 Å². The van der Waals surface area contributed by atoms with E-state index < -0.39 is 18.0 Å². The van der Waals surface area contributed by atoms with Crippen LogP contribution in [-0.4, -0.2) is 37.3 Å². The van der Waals surface area contributed by atoms with E-state index in [1.54, 1.807) is 42.5 Å². The Balaban J connectivity index is 1.51. The third-order valence-corrected chi connectivity index (χ3v) is 5.23. The van der Waals surface area contributed by atoms with Crippen molar-refractivity contribution in [3.63, 3.8) is 0 Å². The zero-order valence-electron chi connectivity index (χ0n) is 15.8. The van der Waals surface area contributed by atoms with Crippen LogP contribution in [-0.2, 0) is 14.3 Å². The highest BCUT2D eigenvalue weighted by atomic mass is 35.5. The highest BCUT2D eigenvalue weighted by Gasteiger charge is 2.20. The first-order chi connectivity index (χ1) is 13.9. The summed E-state index contributed by atoms with van der Waals surface area (Å²) in [6, 6.07) is 11.4. The number of carbonyl (C=O) groups is 2. The molecule has 1 amide bonds. The van der Waals surface area contributed by atoms with Gasteiger partial charge in [-0.2, -0.15) is 0 Å². The summed E-state index contributed by atoms with van der Waals surface area (Å²) in [6.45, 7) is 2.73. The summed E-state index contributed by atoms with van der Waals surface area (Å²) < 4.78 is 16.4. The van der Waals surface area contributed by atoms with E-state index in [-0.39, 0.29) is 11.1 Å². The topological polar surface area (TPSA) is 73.9 Å². The molecule has 1 aliphatic rings. The Hall–Kier alpha value is -2.28. The Labute approximate surface area is 179 Å². The molecular weight excluding hydrogens is 417 g/mol. The lowest BCUT2D eigenvalue weighted by molar-refractivity contribution is -0.123. The zero-order valence-corrected chi connectivity index (χ0v) is 17.3. The third-order valence-electron chi connectivity index (χ3n) is 4.41. The number of ether oxygens (including phenoxy) is 3. The Kier molecular flexibility index (Phi) is 7.36. The predicted octanol–water partition coefficient (Wildman–Crippen LogP) is 4.74. The van der Waals surface area contributed by atoms with Gasteiger partial charge >= 0.3 is 5.97 Å². The number of anilines is 1. The molecule has 1 saturated heterocycles. The standard InChI is InChI=1S/C21H21Cl2NO5/c1-13(20(25)24-18-6-2-5-17(22)19(18)23)29-21(26)14-7-9-15(10-8-14)28-12-16-4-3-11-27-16/h2,5-10,13,16H,3-4,11-12H2,1H3,(H,24,25). The number of halogens is 2. The van der Waals surface area contributed by atoms with Crippen molar-refractivity contribution in [2.75, 3.05) is 18.5 Å². The molecule has 0 saturated carbocycles. The highest BCUT2D eigenvalue weighted by Crippen LogP contribution is 2.29. The largest absolute Gasteiger partial charge is 0.491 e. The fraction of sp³-hybridized carbons (Fsp3) is 0.333. The van der Waals surface area contributed by atoms with Crippen LogP contribution in [0.2, 0.25) is 10.0 Å². The lowest BCUT2D eigenvalue weighted by atomic mass is 10.2. The van der Waals surface area contributed by atoms with Crippen molar-refractivity contribution in [2.45, 2.75) is 32.0 Å². The lowest BCUT2D eigenvalue weighted by Gasteiger charge is -2.15. The molecule has 8 heteroatoms. The molecule has 0 aromatic heterocycles. The van der Waals surface area contributed by atoms with Crippen LogP contribution in [0.5, 0.6) is 5.75 Å². The first kappa shape index (κ1) is 21.4. The van der Waals surface area contributed by atoms with Gasteiger partial charge in [-0.25, -0.2) is 4.79 Å². The lowest BCUT2D eigenvalue weighted by Crippen LogP contribution is -2.30. The molecule has 29 heavy (non-hydrogen) atoms. The second kappa shape index (κ2) is 9.96. The molecule has 3 rings (SSSR count). The minimum atomic E-state index is -1.02. The Morgan fingerprint density at radius 3 is 2.66 bits per heavy atom. The van der Waals surface area contributed by atoms with Gasteiger partial charge < -0.3 is 19.5 Å². The van der Waals surface area contributed by atoms with Crippen molar-refractivity contribution < 1.29 is 23.8 Å². The molecule has 1 fully saturated rings. The van der Waals surface area contributed by atoms with Gasteiger partial charge in [0.05, 0.1) is 27.4 Å². The number of carbonyl (C=O) groups excluding carboxylic acids is 2. The molecule has 0 aliphatic carbocycles. The second-order valence-corrected chi connectivity index (χ2v) is 7.39. The van der Waals surface area contributed by atoms with E-state index in [0.29, 0.717) is 28.6 Å². The molecule has 1 aliphatic heterocycles. The number of hydrogen-bond acceptors (Lipinski definition) is 5. The number of nitrogens with one attached hydrogen (secondary N) is 1. The molecule has 2 atom stereocenters. The van der Waals surface area contributed by atoms with Crippen molar-refractivity contribution in [3.8, 4) is 5.75 Å². The zero-order chi connectivity index (χ0) is 20.8. The van der Waals surface area contributed by atoms with Gasteiger partial charge in [0.15, 0.2) is 6.10 Å². The fourth-order valence-corrected chi connectivity index (χ4v) is 3.12. The normalized spacial score (nSPS) is 16.9. The maximum atomic E-state index is 12.3. The van der Waals surface area contributed by atoms with Crippen molar-refractivity contribution in [3.05, 3.63) is 58.1 Å². The maximum Gasteiger partial charge on any atom is 0.338 e. The molecule has 0 spiro atoms. The Morgan fingerprint density at radius 1 is 1.21 bits per heavy atom. The maximum absolute atomic E-state index is 12.3. The van der Waals surface area contributed by atoms with E-state index in [0.717, 1.165) is 19.4 Å². The summed E-state index contributed by atoms with van der Waals surface area (Å²) >= 11 is 12.0. The summed E-state index contributed by atoms with van der Waals surface area (Å²) in [6.07, 6.45) is 1.14. The van der Waals surface area contributed by atoms with E-state index in [1.807, 2.05) is 0 Å². The Bertz CT molecular complexity index is 866. The van der Waals surface area contributed by atoms with E-state index in [2.05, 4.69) is 5.32 Å². The summed E-state index contributed by atoms with van der Waals surface area (Å²) in [5.74, 6) is -0.493. The summed E-state index contributed by atoms with van der Waals surface area (Å²) in [5, 5.41) is 3.13. The first-order valence-corrected chi connectivity index (χ1v) is 10.00. The molecule has 0 radical (unpaired) electrons. The molecule has 2 aromatic carbocycles. The molecule has 0 bridgehead atoms. The molecular formula is C21H21Cl2NO5. The van der Waals surface area contributed by atoms with Crippen LogP contribution in [0.15, 0.2) is 42.5 Å².